The normalized spacial score (nSPS) is 13.7. The van der Waals surface area contributed by atoms with Crippen molar-refractivity contribution in [2.24, 2.45) is 0 Å². The lowest BCUT2D eigenvalue weighted by Crippen LogP contribution is -2.24. The number of fused-ring (bicyclic) bond motifs is 1. The summed E-state index contributed by atoms with van der Waals surface area (Å²) in [4.78, 5) is 2.44. The molecule has 0 N–H and O–H groups in total. The van der Waals surface area contributed by atoms with Crippen molar-refractivity contribution in [2.45, 2.75) is 12.8 Å². The largest absolute Gasteiger partial charge is 0.341 e. The van der Waals surface area contributed by atoms with Gasteiger partial charge in [-0.2, -0.15) is 0 Å². The number of aryl methyl sites for hydroxylation is 1. The second-order valence-electron chi connectivity index (χ2n) is 5.80. The molecule has 0 aromatic heterocycles. The van der Waals surface area contributed by atoms with E-state index in [1.807, 2.05) is 0 Å². The summed E-state index contributed by atoms with van der Waals surface area (Å²) in [5.74, 6) is 0. The van der Waals surface area contributed by atoms with Gasteiger partial charge in [-0.15, -0.1) is 0 Å². The Hall–Kier alpha value is -2.54. The van der Waals surface area contributed by atoms with Crippen molar-refractivity contribution in [3.8, 4) is 11.1 Å². The molecule has 0 spiro atoms. The Morgan fingerprint density at radius 2 is 1.32 bits per heavy atom. The van der Waals surface area contributed by atoms with Gasteiger partial charge >= 0.3 is 0 Å². The topological polar surface area (TPSA) is 3.24 Å². The lowest BCUT2D eigenvalue weighted by atomic mass is 10.0. The van der Waals surface area contributed by atoms with Gasteiger partial charge in [-0.05, 0) is 47.7 Å². The highest BCUT2D eigenvalue weighted by Crippen LogP contribution is 2.34. The Morgan fingerprint density at radius 3 is 2.14 bits per heavy atom. The summed E-state index contributed by atoms with van der Waals surface area (Å²) in [7, 11) is 0. The van der Waals surface area contributed by atoms with Crippen molar-refractivity contribution in [2.75, 3.05) is 11.4 Å². The second-order valence-corrected chi connectivity index (χ2v) is 5.80. The lowest BCUT2D eigenvalue weighted by molar-refractivity contribution is 0.767. The maximum atomic E-state index is 2.44. The molecule has 1 nitrogen and oxygen atoms in total. The van der Waals surface area contributed by atoms with Crippen LogP contribution in [0.25, 0.3) is 11.1 Å². The smallest absolute Gasteiger partial charge is 0.0443 e. The predicted molar refractivity (Wildman–Crippen MR) is 93.6 cm³/mol. The van der Waals surface area contributed by atoms with Crippen LogP contribution in [-0.2, 0) is 6.42 Å². The van der Waals surface area contributed by atoms with E-state index < -0.39 is 0 Å². The van der Waals surface area contributed by atoms with Gasteiger partial charge in [0, 0.05) is 17.9 Å². The molecule has 1 heterocycles. The van der Waals surface area contributed by atoms with E-state index in [-0.39, 0.29) is 0 Å². The summed E-state index contributed by atoms with van der Waals surface area (Å²) in [5.41, 5.74) is 6.65. The molecule has 3 aromatic carbocycles. The minimum Gasteiger partial charge on any atom is -0.341 e. The molecule has 0 aliphatic carbocycles. The fraction of sp³-hybridized carbons (Fsp3) is 0.143. The van der Waals surface area contributed by atoms with Crippen molar-refractivity contribution >= 4 is 11.4 Å². The van der Waals surface area contributed by atoms with Crippen LogP contribution < -0.4 is 4.90 Å². The zero-order valence-electron chi connectivity index (χ0n) is 12.6. The number of nitrogens with zero attached hydrogens (tertiary/aromatic N) is 1. The molecule has 0 bridgehead atoms. The van der Waals surface area contributed by atoms with Crippen LogP contribution in [0.4, 0.5) is 11.4 Å². The summed E-state index contributed by atoms with van der Waals surface area (Å²) in [5, 5.41) is 0. The molecule has 3 aromatic rings. The number of para-hydroxylation sites is 1. The van der Waals surface area contributed by atoms with Gasteiger partial charge in [-0.3, -0.25) is 0 Å². The highest BCUT2D eigenvalue weighted by atomic mass is 15.1. The Kier molecular flexibility index (Phi) is 3.40. The number of hydrogen-bond donors (Lipinski definition) is 0. The molecule has 1 aliphatic rings. The highest BCUT2D eigenvalue weighted by Gasteiger charge is 2.17. The van der Waals surface area contributed by atoms with Crippen LogP contribution in [0.2, 0.25) is 0 Å². The average Bonchev–Trinajstić information content (AvgIpc) is 2.62. The van der Waals surface area contributed by atoms with E-state index in [4.69, 9.17) is 0 Å². The minimum absolute atomic E-state index is 1.10. The maximum Gasteiger partial charge on any atom is 0.0443 e. The zero-order valence-corrected chi connectivity index (χ0v) is 12.6. The van der Waals surface area contributed by atoms with Gasteiger partial charge in [0.25, 0.3) is 0 Å². The summed E-state index contributed by atoms with van der Waals surface area (Å²) < 4.78 is 0. The molecule has 1 heteroatoms. The Balaban J connectivity index is 1.67. The van der Waals surface area contributed by atoms with Crippen LogP contribution in [0.15, 0.2) is 78.9 Å². The van der Waals surface area contributed by atoms with E-state index in [0.717, 1.165) is 6.54 Å². The molecule has 0 amide bonds. The fourth-order valence-electron chi connectivity index (χ4n) is 3.27. The SMILES string of the molecule is c1ccc(-c2ccc(N3CCCc4ccccc43)cc2)cc1. The minimum atomic E-state index is 1.10. The Labute approximate surface area is 131 Å². The van der Waals surface area contributed by atoms with E-state index in [0.29, 0.717) is 0 Å². The second kappa shape index (κ2) is 5.69. The van der Waals surface area contributed by atoms with Gasteiger partial charge in [-0.25, -0.2) is 0 Å². The van der Waals surface area contributed by atoms with Crippen LogP contribution in [0.3, 0.4) is 0 Å². The van der Waals surface area contributed by atoms with Crippen molar-refractivity contribution < 1.29 is 0 Å². The molecule has 0 atom stereocenters. The third-order valence-electron chi connectivity index (χ3n) is 4.40. The first-order valence-corrected chi connectivity index (χ1v) is 7.93. The monoisotopic (exact) mass is 285 g/mol. The van der Waals surface area contributed by atoms with E-state index in [2.05, 4.69) is 83.8 Å². The first-order valence-electron chi connectivity index (χ1n) is 7.93. The van der Waals surface area contributed by atoms with Gasteiger partial charge in [0.05, 0.1) is 0 Å². The Morgan fingerprint density at radius 1 is 0.636 bits per heavy atom. The summed E-state index contributed by atoms with van der Waals surface area (Å²) >= 11 is 0. The summed E-state index contributed by atoms with van der Waals surface area (Å²) in [6.07, 6.45) is 2.41. The number of anilines is 2. The van der Waals surface area contributed by atoms with E-state index in [1.54, 1.807) is 0 Å². The lowest BCUT2D eigenvalue weighted by Gasteiger charge is -2.31. The van der Waals surface area contributed by atoms with Gasteiger partial charge in [0.15, 0.2) is 0 Å². The third-order valence-corrected chi connectivity index (χ3v) is 4.40. The predicted octanol–water partition coefficient (Wildman–Crippen LogP) is 5.44. The van der Waals surface area contributed by atoms with Crippen molar-refractivity contribution in [1.82, 2.24) is 0 Å². The molecule has 0 saturated heterocycles. The molecule has 108 valence electrons. The molecule has 22 heavy (non-hydrogen) atoms. The maximum absolute atomic E-state index is 2.44. The van der Waals surface area contributed by atoms with Gasteiger partial charge in [0.1, 0.15) is 0 Å². The van der Waals surface area contributed by atoms with E-state index in [9.17, 15) is 0 Å². The van der Waals surface area contributed by atoms with Gasteiger partial charge < -0.3 is 4.90 Å². The van der Waals surface area contributed by atoms with E-state index in [1.165, 1.54) is 40.9 Å². The molecule has 0 saturated carbocycles. The highest BCUT2D eigenvalue weighted by molar-refractivity contribution is 5.71. The first kappa shape index (κ1) is 13.1. The average molecular weight is 285 g/mol. The van der Waals surface area contributed by atoms with Crippen molar-refractivity contribution in [1.29, 1.82) is 0 Å². The van der Waals surface area contributed by atoms with Gasteiger partial charge in [-0.1, -0.05) is 60.7 Å². The quantitative estimate of drug-likeness (QED) is 0.606. The van der Waals surface area contributed by atoms with Crippen molar-refractivity contribution in [3.63, 3.8) is 0 Å². The zero-order chi connectivity index (χ0) is 14.8. The molecule has 4 rings (SSSR count). The standard InChI is InChI=1S/C21H19N/c1-2-7-17(8-3-1)18-12-14-20(15-13-18)22-16-6-10-19-9-4-5-11-21(19)22/h1-5,7-9,11-15H,6,10,16H2. The van der Waals surface area contributed by atoms with Crippen LogP contribution in [0, 0.1) is 0 Å². The van der Waals surface area contributed by atoms with Crippen molar-refractivity contribution in [3.05, 3.63) is 84.4 Å². The number of benzene rings is 3. The fourth-order valence-corrected chi connectivity index (χ4v) is 3.27. The van der Waals surface area contributed by atoms with Crippen LogP contribution >= 0.6 is 0 Å². The molecule has 1 aliphatic heterocycles. The van der Waals surface area contributed by atoms with Crippen LogP contribution in [-0.4, -0.2) is 6.54 Å². The third kappa shape index (κ3) is 2.39. The molecular weight excluding hydrogens is 266 g/mol. The van der Waals surface area contributed by atoms with Crippen LogP contribution in [0.1, 0.15) is 12.0 Å². The summed E-state index contributed by atoms with van der Waals surface area (Å²) in [6, 6.07) is 28.2. The molecule has 0 unspecified atom stereocenters. The number of hydrogen-bond acceptors (Lipinski definition) is 1. The summed E-state index contributed by atoms with van der Waals surface area (Å²) in [6.45, 7) is 1.10. The number of rotatable bonds is 2. The first-order chi connectivity index (χ1) is 10.9. The molecule has 0 radical (unpaired) electrons. The molecule has 0 fully saturated rings. The van der Waals surface area contributed by atoms with E-state index >= 15 is 0 Å². The molecular formula is C21H19N. The van der Waals surface area contributed by atoms with Crippen LogP contribution in [0.5, 0.6) is 0 Å². The van der Waals surface area contributed by atoms with Gasteiger partial charge in [0.2, 0.25) is 0 Å². The Bertz CT molecular complexity index is 759.